The van der Waals surface area contributed by atoms with Crippen LogP contribution in [0.3, 0.4) is 0 Å². The highest BCUT2D eigenvalue weighted by Crippen LogP contribution is 2.21. The third kappa shape index (κ3) is 5.49. The molecule has 1 aromatic rings. The van der Waals surface area contributed by atoms with Crippen molar-refractivity contribution < 1.29 is 18.7 Å². The monoisotopic (exact) mass is 337 g/mol. The van der Waals surface area contributed by atoms with Crippen LogP contribution in [0.5, 0.6) is 0 Å². The molecule has 3 amide bonds. The first-order valence-electron chi connectivity index (χ1n) is 8.17. The molecule has 1 heterocycles. The summed E-state index contributed by atoms with van der Waals surface area (Å²) >= 11 is 0. The average Bonchev–Trinajstić information content (AvgIpc) is 2.88. The van der Waals surface area contributed by atoms with Gasteiger partial charge in [-0.2, -0.15) is 0 Å². The van der Waals surface area contributed by atoms with Crippen molar-refractivity contribution in [3.63, 3.8) is 0 Å². The molecule has 1 aliphatic heterocycles. The van der Waals surface area contributed by atoms with Crippen LogP contribution in [0.4, 0.5) is 14.9 Å². The van der Waals surface area contributed by atoms with E-state index in [9.17, 15) is 14.0 Å². The molecule has 24 heavy (non-hydrogen) atoms. The summed E-state index contributed by atoms with van der Waals surface area (Å²) in [5, 5.41) is 5.54. The molecule has 0 spiro atoms. The molecule has 0 radical (unpaired) electrons. The number of rotatable bonds is 7. The predicted molar refractivity (Wildman–Crippen MR) is 89.4 cm³/mol. The highest BCUT2D eigenvalue weighted by atomic mass is 19.1. The Bertz CT molecular complexity index is 563. The minimum atomic E-state index is -0.346. The van der Waals surface area contributed by atoms with Crippen molar-refractivity contribution in [3.8, 4) is 0 Å². The summed E-state index contributed by atoms with van der Waals surface area (Å²) in [6, 6.07) is 5.20. The van der Waals surface area contributed by atoms with Crippen molar-refractivity contribution >= 4 is 17.6 Å². The van der Waals surface area contributed by atoms with E-state index >= 15 is 0 Å². The van der Waals surface area contributed by atoms with Crippen molar-refractivity contribution in [1.29, 1.82) is 0 Å². The maximum absolute atomic E-state index is 13.0. The summed E-state index contributed by atoms with van der Waals surface area (Å²) in [6.45, 7) is 5.42. The van der Waals surface area contributed by atoms with E-state index in [0.717, 1.165) is 6.42 Å². The minimum absolute atomic E-state index is 0.0859. The zero-order valence-corrected chi connectivity index (χ0v) is 14.0. The number of halogens is 1. The van der Waals surface area contributed by atoms with Crippen LogP contribution in [0.15, 0.2) is 24.3 Å². The number of urea groups is 1. The lowest BCUT2D eigenvalue weighted by Gasteiger charge is -2.17. The van der Waals surface area contributed by atoms with Crippen LogP contribution in [0, 0.1) is 5.82 Å². The summed E-state index contributed by atoms with van der Waals surface area (Å²) in [5.74, 6) is -0.432. The Morgan fingerprint density at radius 3 is 2.75 bits per heavy atom. The minimum Gasteiger partial charge on any atom is -0.379 e. The van der Waals surface area contributed by atoms with E-state index in [2.05, 4.69) is 10.6 Å². The largest absolute Gasteiger partial charge is 0.379 e. The lowest BCUT2D eigenvalue weighted by atomic mass is 10.2. The maximum Gasteiger partial charge on any atom is 0.315 e. The lowest BCUT2D eigenvalue weighted by molar-refractivity contribution is -0.117. The van der Waals surface area contributed by atoms with Crippen molar-refractivity contribution in [3.05, 3.63) is 30.1 Å². The van der Waals surface area contributed by atoms with E-state index in [0.29, 0.717) is 25.4 Å². The summed E-state index contributed by atoms with van der Waals surface area (Å²) in [6.07, 6.45) is 1.15. The Labute approximate surface area is 141 Å². The fourth-order valence-corrected chi connectivity index (χ4v) is 2.50. The summed E-state index contributed by atoms with van der Waals surface area (Å²) in [4.78, 5) is 25.5. The average molecular weight is 337 g/mol. The highest BCUT2D eigenvalue weighted by Gasteiger charge is 2.31. The first-order valence-corrected chi connectivity index (χ1v) is 8.17. The third-order valence-electron chi connectivity index (χ3n) is 3.66. The molecule has 1 aromatic carbocycles. The molecule has 1 atom stereocenters. The first-order chi connectivity index (χ1) is 11.5. The highest BCUT2D eigenvalue weighted by molar-refractivity contribution is 5.96. The number of nitrogens with one attached hydrogen (secondary N) is 2. The van der Waals surface area contributed by atoms with E-state index in [1.807, 2.05) is 13.8 Å². The molecular weight excluding hydrogens is 313 g/mol. The molecule has 2 rings (SSSR count). The van der Waals surface area contributed by atoms with Gasteiger partial charge in [-0.3, -0.25) is 4.79 Å². The zero-order valence-electron chi connectivity index (χ0n) is 14.0. The molecule has 0 saturated carbocycles. The first kappa shape index (κ1) is 18.2. The van der Waals surface area contributed by atoms with E-state index in [1.165, 1.54) is 12.1 Å². The van der Waals surface area contributed by atoms with Crippen LogP contribution in [-0.4, -0.2) is 43.8 Å². The second-order valence-electron chi connectivity index (χ2n) is 6.06. The van der Waals surface area contributed by atoms with Crippen LogP contribution >= 0.6 is 0 Å². The van der Waals surface area contributed by atoms with E-state index < -0.39 is 0 Å². The molecule has 0 aromatic heterocycles. The number of hydrogen-bond acceptors (Lipinski definition) is 3. The Kier molecular flexibility index (Phi) is 6.54. The normalized spacial score (nSPS) is 17.4. The number of ether oxygens (including phenoxy) is 1. The smallest absolute Gasteiger partial charge is 0.315 e. The molecule has 0 unspecified atom stereocenters. The fraction of sp³-hybridized carbons (Fsp3) is 0.529. The maximum atomic E-state index is 13.0. The molecule has 0 aliphatic carbocycles. The van der Waals surface area contributed by atoms with Gasteiger partial charge in [-0.25, -0.2) is 9.18 Å². The molecule has 1 aliphatic rings. The number of carbonyl (C=O) groups is 2. The summed E-state index contributed by atoms with van der Waals surface area (Å²) in [5.41, 5.74) is 0.636. The van der Waals surface area contributed by atoms with Gasteiger partial charge in [0.15, 0.2) is 0 Å². The van der Waals surface area contributed by atoms with Gasteiger partial charge in [0.25, 0.3) is 0 Å². The Morgan fingerprint density at radius 2 is 2.08 bits per heavy atom. The van der Waals surface area contributed by atoms with Crippen molar-refractivity contribution in [2.75, 3.05) is 24.6 Å². The molecule has 1 saturated heterocycles. The molecule has 6 nitrogen and oxygen atoms in total. The number of anilines is 1. The van der Waals surface area contributed by atoms with Crippen molar-refractivity contribution in [2.45, 2.75) is 38.8 Å². The molecule has 2 N–H and O–H groups in total. The molecule has 1 fully saturated rings. The van der Waals surface area contributed by atoms with E-state index in [4.69, 9.17) is 4.74 Å². The second kappa shape index (κ2) is 8.63. The van der Waals surface area contributed by atoms with Gasteiger partial charge in [0.05, 0.1) is 12.1 Å². The van der Waals surface area contributed by atoms with Crippen LogP contribution in [-0.2, 0) is 9.53 Å². The lowest BCUT2D eigenvalue weighted by Crippen LogP contribution is -2.43. The summed E-state index contributed by atoms with van der Waals surface area (Å²) in [7, 11) is 0. The second-order valence-corrected chi connectivity index (χ2v) is 6.06. The van der Waals surface area contributed by atoms with E-state index in [1.54, 1.807) is 17.0 Å². The third-order valence-corrected chi connectivity index (χ3v) is 3.66. The van der Waals surface area contributed by atoms with Gasteiger partial charge in [0.2, 0.25) is 5.91 Å². The SMILES string of the molecule is CC(C)OCCCNC(=O)N[C@H]1CC(=O)N(c2ccc(F)cc2)C1. The molecule has 0 bridgehead atoms. The van der Waals surface area contributed by atoms with Gasteiger partial charge in [0.1, 0.15) is 5.82 Å². The van der Waals surface area contributed by atoms with Gasteiger partial charge in [-0.05, 0) is 44.5 Å². The number of carbonyl (C=O) groups excluding carboxylic acids is 2. The quantitative estimate of drug-likeness (QED) is 0.748. The molecular formula is C17H24FN3O3. The number of hydrogen-bond donors (Lipinski definition) is 2. The number of nitrogens with zero attached hydrogens (tertiary/aromatic N) is 1. The standard InChI is InChI=1S/C17H24FN3O3/c1-12(2)24-9-3-8-19-17(23)20-14-10-16(22)21(11-14)15-6-4-13(18)5-7-15/h4-7,12,14H,3,8-11H2,1-2H3,(H2,19,20,23)/t14-/m0/s1. The Morgan fingerprint density at radius 1 is 1.38 bits per heavy atom. The Balaban J connectivity index is 1.73. The van der Waals surface area contributed by atoms with Crippen molar-refractivity contribution in [2.24, 2.45) is 0 Å². The van der Waals surface area contributed by atoms with E-state index in [-0.39, 0.29) is 36.3 Å². The van der Waals surface area contributed by atoms with Gasteiger partial charge in [-0.15, -0.1) is 0 Å². The number of amides is 3. The van der Waals surface area contributed by atoms with Crippen LogP contribution in [0.2, 0.25) is 0 Å². The van der Waals surface area contributed by atoms with Crippen LogP contribution < -0.4 is 15.5 Å². The van der Waals surface area contributed by atoms with Crippen LogP contribution in [0.25, 0.3) is 0 Å². The van der Waals surface area contributed by atoms with Gasteiger partial charge < -0.3 is 20.3 Å². The molecule has 132 valence electrons. The molecule has 7 heteroatoms. The number of benzene rings is 1. The Hall–Kier alpha value is -2.15. The predicted octanol–water partition coefficient (Wildman–Crippen LogP) is 2.05. The van der Waals surface area contributed by atoms with Gasteiger partial charge in [-0.1, -0.05) is 0 Å². The fourth-order valence-electron chi connectivity index (χ4n) is 2.50. The van der Waals surface area contributed by atoms with Gasteiger partial charge in [0, 0.05) is 31.8 Å². The van der Waals surface area contributed by atoms with Crippen molar-refractivity contribution in [1.82, 2.24) is 10.6 Å². The van der Waals surface area contributed by atoms with Gasteiger partial charge >= 0.3 is 6.03 Å². The van der Waals surface area contributed by atoms with Crippen LogP contribution in [0.1, 0.15) is 26.7 Å². The zero-order chi connectivity index (χ0) is 17.5. The topological polar surface area (TPSA) is 70.7 Å². The summed E-state index contributed by atoms with van der Waals surface area (Å²) < 4.78 is 18.4.